The molecule has 0 unspecified atom stereocenters. The summed E-state index contributed by atoms with van der Waals surface area (Å²) < 4.78 is 5.17. The van der Waals surface area contributed by atoms with E-state index in [1.165, 1.54) is 0 Å². The first-order chi connectivity index (χ1) is 13.7. The second-order valence-corrected chi connectivity index (χ2v) is 7.47. The zero-order valence-electron chi connectivity index (χ0n) is 15.7. The Morgan fingerprint density at radius 1 is 1.11 bits per heavy atom. The third-order valence-corrected chi connectivity index (χ3v) is 5.51. The molecule has 0 saturated carbocycles. The van der Waals surface area contributed by atoms with Crippen molar-refractivity contribution in [2.75, 3.05) is 7.11 Å². The van der Waals surface area contributed by atoms with E-state index >= 15 is 0 Å². The molecule has 1 amide bonds. The number of ether oxygens (including phenoxy) is 1. The first-order valence-electron chi connectivity index (χ1n) is 9.01. The van der Waals surface area contributed by atoms with Gasteiger partial charge in [0.2, 0.25) is 0 Å². The SMILES string of the molecule is COc1ccc(CNC(=O)c2cc(C)nc3c(-c4cccs4)cccc23)cc1. The molecule has 4 nitrogen and oxygen atoms in total. The number of nitrogens with one attached hydrogen (secondary N) is 1. The van der Waals surface area contributed by atoms with Gasteiger partial charge in [-0.1, -0.05) is 36.4 Å². The third kappa shape index (κ3) is 3.62. The highest BCUT2D eigenvalue weighted by Gasteiger charge is 2.15. The fourth-order valence-corrected chi connectivity index (χ4v) is 3.97. The summed E-state index contributed by atoms with van der Waals surface area (Å²) in [6.45, 7) is 2.38. The number of fused-ring (bicyclic) bond motifs is 1. The minimum atomic E-state index is -0.102. The number of aryl methyl sites for hydroxylation is 1. The van der Waals surface area contributed by atoms with Gasteiger partial charge in [-0.15, -0.1) is 11.3 Å². The molecule has 2 heterocycles. The monoisotopic (exact) mass is 388 g/mol. The Hall–Kier alpha value is -3.18. The molecular weight excluding hydrogens is 368 g/mol. The Labute approximate surface area is 167 Å². The number of amides is 1. The third-order valence-electron chi connectivity index (χ3n) is 4.61. The van der Waals surface area contributed by atoms with Gasteiger partial charge in [-0.2, -0.15) is 0 Å². The first-order valence-corrected chi connectivity index (χ1v) is 9.89. The highest BCUT2D eigenvalue weighted by Crippen LogP contribution is 2.32. The van der Waals surface area contributed by atoms with Gasteiger partial charge in [-0.25, -0.2) is 0 Å². The lowest BCUT2D eigenvalue weighted by Gasteiger charge is -2.11. The van der Waals surface area contributed by atoms with E-state index in [1.54, 1.807) is 18.4 Å². The van der Waals surface area contributed by atoms with Crippen LogP contribution in [0.2, 0.25) is 0 Å². The average Bonchev–Trinajstić information content (AvgIpc) is 3.26. The van der Waals surface area contributed by atoms with Crippen molar-refractivity contribution in [3.05, 3.63) is 82.9 Å². The van der Waals surface area contributed by atoms with Crippen molar-refractivity contribution in [2.24, 2.45) is 0 Å². The number of methoxy groups -OCH3 is 1. The molecule has 0 radical (unpaired) electrons. The van der Waals surface area contributed by atoms with Crippen molar-refractivity contribution < 1.29 is 9.53 Å². The van der Waals surface area contributed by atoms with Gasteiger partial charge in [0, 0.05) is 28.1 Å². The molecule has 140 valence electrons. The molecule has 0 saturated heterocycles. The summed E-state index contributed by atoms with van der Waals surface area (Å²) in [5.41, 5.74) is 4.41. The topological polar surface area (TPSA) is 51.2 Å². The molecule has 0 spiro atoms. The van der Waals surface area contributed by atoms with E-state index in [0.717, 1.165) is 38.4 Å². The van der Waals surface area contributed by atoms with Crippen LogP contribution in [0.25, 0.3) is 21.3 Å². The highest BCUT2D eigenvalue weighted by atomic mass is 32.1. The van der Waals surface area contributed by atoms with Crippen molar-refractivity contribution >= 4 is 28.1 Å². The highest BCUT2D eigenvalue weighted by molar-refractivity contribution is 7.13. The molecule has 0 aliphatic carbocycles. The van der Waals surface area contributed by atoms with Crippen LogP contribution in [0.15, 0.2) is 66.0 Å². The zero-order valence-corrected chi connectivity index (χ0v) is 16.5. The standard InChI is InChI=1S/C23H20N2O2S/c1-15-13-20(23(26)24-14-16-8-10-17(27-2)11-9-16)18-5-3-6-19(22(18)25-15)21-7-4-12-28-21/h3-13H,14H2,1-2H3,(H,24,26). The molecule has 0 fully saturated rings. The summed E-state index contributed by atoms with van der Waals surface area (Å²) in [6.07, 6.45) is 0. The summed E-state index contributed by atoms with van der Waals surface area (Å²) in [4.78, 5) is 18.8. The van der Waals surface area contributed by atoms with Gasteiger partial charge in [0.25, 0.3) is 5.91 Å². The van der Waals surface area contributed by atoms with E-state index in [4.69, 9.17) is 9.72 Å². The van der Waals surface area contributed by atoms with Crippen LogP contribution < -0.4 is 10.1 Å². The van der Waals surface area contributed by atoms with Gasteiger partial charge in [0.1, 0.15) is 5.75 Å². The lowest BCUT2D eigenvalue weighted by atomic mass is 10.0. The zero-order chi connectivity index (χ0) is 19.5. The maximum absolute atomic E-state index is 12.9. The molecule has 2 aromatic carbocycles. The minimum Gasteiger partial charge on any atom is -0.497 e. The van der Waals surface area contributed by atoms with Gasteiger partial charge in [-0.3, -0.25) is 9.78 Å². The van der Waals surface area contributed by atoms with E-state index in [2.05, 4.69) is 17.4 Å². The van der Waals surface area contributed by atoms with Crippen LogP contribution in [0.4, 0.5) is 0 Å². The van der Waals surface area contributed by atoms with E-state index in [-0.39, 0.29) is 5.91 Å². The molecule has 5 heteroatoms. The van der Waals surface area contributed by atoms with Crippen LogP contribution in [0.1, 0.15) is 21.6 Å². The molecule has 1 N–H and O–H groups in total. The largest absolute Gasteiger partial charge is 0.497 e. The number of aromatic nitrogens is 1. The van der Waals surface area contributed by atoms with E-state index in [1.807, 2.05) is 60.8 Å². The lowest BCUT2D eigenvalue weighted by molar-refractivity contribution is 0.0952. The van der Waals surface area contributed by atoms with E-state index in [0.29, 0.717) is 12.1 Å². The number of carbonyl (C=O) groups excluding carboxylic acids is 1. The predicted molar refractivity (Wildman–Crippen MR) is 114 cm³/mol. The van der Waals surface area contributed by atoms with Gasteiger partial charge < -0.3 is 10.1 Å². The molecule has 0 aliphatic heterocycles. The van der Waals surface area contributed by atoms with Crippen molar-refractivity contribution in [1.82, 2.24) is 10.3 Å². The predicted octanol–water partition coefficient (Wildman–Crippen LogP) is 5.21. The Morgan fingerprint density at radius 3 is 2.64 bits per heavy atom. The number of nitrogens with zero attached hydrogens (tertiary/aromatic N) is 1. The van der Waals surface area contributed by atoms with Crippen molar-refractivity contribution in [1.29, 1.82) is 0 Å². The Bertz CT molecular complexity index is 1120. The summed E-state index contributed by atoms with van der Waals surface area (Å²) >= 11 is 1.67. The van der Waals surface area contributed by atoms with Crippen molar-refractivity contribution in [2.45, 2.75) is 13.5 Å². The van der Waals surface area contributed by atoms with Crippen LogP contribution in [0.3, 0.4) is 0 Å². The van der Waals surface area contributed by atoms with Gasteiger partial charge in [-0.05, 0) is 42.1 Å². The van der Waals surface area contributed by atoms with E-state index in [9.17, 15) is 4.79 Å². The summed E-state index contributed by atoms with van der Waals surface area (Å²) in [7, 11) is 1.64. The minimum absolute atomic E-state index is 0.102. The summed E-state index contributed by atoms with van der Waals surface area (Å²) in [5, 5.41) is 5.93. The number of para-hydroxylation sites is 1. The van der Waals surface area contributed by atoms with Crippen LogP contribution in [-0.2, 0) is 6.54 Å². The Balaban J connectivity index is 1.65. The lowest BCUT2D eigenvalue weighted by Crippen LogP contribution is -2.23. The van der Waals surface area contributed by atoms with Gasteiger partial charge in [0.15, 0.2) is 0 Å². The second-order valence-electron chi connectivity index (χ2n) is 6.52. The molecule has 4 aromatic rings. The average molecular weight is 388 g/mol. The number of hydrogen-bond donors (Lipinski definition) is 1. The van der Waals surface area contributed by atoms with E-state index < -0.39 is 0 Å². The maximum atomic E-state index is 12.9. The van der Waals surface area contributed by atoms with Crippen LogP contribution in [0.5, 0.6) is 5.75 Å². The number of carbonyl (C=O) groups is 1. The number of thiophene rings is 1. The second kappa shape index (κ2) is 7.82. The molecule has 4 rings (SSSR count). The van der Waals surface area contributed by atoms with Crippen LogP contribution >= 0.6 is 11.3 Å². The first kappa shape index (κ1) is 18.2. The quantitative estimate of drug-likeness (QED) is 0.511. The Kier molecular flexibility index (Phi) is 5.08. The van der Waals surface area contributed by atoms with Crippen molar-refractivity contribution in [3.8, 4) is 16.2 Å². The van der Waals surface area contributed by atoms with Gasteiger partial charge >= 0.3 is 0 Å². The van der Waals surface area contributed by atoms with Crippen molar-refractivity contribution in [3.63, 3.8) is 0 Å². The fraction of sp³-hybridized carbons (Fsp3) is 0.130. The van der Waals surface area contributed by atoms with Crippen LogP contribution in [-0.4, -0.2) is 18.0 Å². The smallest absolute Gasteiger partial charge is 0.252 e. The fourth-order valence-electron chi connectivity index (χ4n) is 3.22. The summed E-state index contributed by atoms with van der Waals surface area (Å²) in [5.74, 6) is 0.696. The molecule has 0 bridgehead atoms. The molecule has 28 heavy (non-hydrogen) atoms. The molecule has 2 aromatic heterocycles. The molecule has 0 atom stereocenters. The van der Waals surface area contributed by atoms with Crippen LogP contribution in [0, 0.1) is 6.92 Å². The Morgan fingerprint density at radius 2 is 1.93 bits per heavy atom. The van der Waals surface area contributed by atoms with Gasteiger partial charge in [0.05, 0.1) is 18.2 Å². The molecule has 0 aliphatic rings. The molecular formula is C23H20N2O2S. The summed E-state index contributed by atoms with van der Waals surface area (Å²) in [6, 6.07) is 19.6. The number of pyridine rings is 1. The number of rotatable bonds is 5. The maximum Gasteiger partial charge on any atom is 0.252 e. The normalized spacial score (nSPS) is 10.8. The number of benzene rings is 2. The number of hydrogen-bond acceptors (Lipinski definition) is 4.